The van der Waals surface area contributed by atoms with Crippen molar-refractivity contribution >= 4 is 0 Å². The van der Waals surface area contributed by atoms with Crippen LogP contribution in [0.3, 0.4) is 0 Å². The molecule has 0 radical (unpaired) electrons. The zero-order valence-corrected chi connectivity index (χ0v) is 8.22. The summed E-state index contributed by atoms with van der Waals surface area (Å²) in [6, 6.07) is 0. The lowest BCUT2D eigenvalue weighted by Crippen LogP contribution is -1.71. The van der Waals surface area contributed by atoms with Gasteiger partial charge in [0.25, 0.3) is 0 Å². The van der Waals surface area contributed by atoms with Gasteiger partial charge in [0.05, 0.1) is 0 Å². The lowest BCUT2D eigenvalue weighted by Gasteiger charge is -1.91. The minimum absolute atomic E-state index is 0. The first-order valence-corrected chi connectivity index (χ1v) is 4.24. The molecule has 0 unspecified atom stereocenters. The number of allylic oxidation sites excluding steroid dienone is 5. The molecule has 0 aromatic rings. The van der Waals surface area contributed by atoms with E-state index in [0.29, 0.717) is 0 Å². The largest absolute Gasteiger partial charge is 0.103 e. The fourth-order valence-electron chi connectivity index (χ4n) is 0.663. The lowest BCUT2D eigenvalue weighted by molar-refractivity contribution is 1.27. The maximum absolute atomic E-state index is 3.66. The third-order valence-corrected chi connectivity index (χ3v) is 1.13. The first-order valence-electron chi connectivity index (χ1n) is 4.24. The molecule has 0 aliphatic rings. The Labute approximate surface area is 78.7 Å². The van der Waals surface area contributed by atoms with Gasteiger partial charge in [-0.3, -0.25) is 0 Å². The summed E-state index contributed by atoms with van der Waals surface area (Å²) in [6.45, 7) is 11.7. The Morgan fingerprint density at radius 1 is 1.25 bits per heavy atom. The molecule has 0 atom stereocenters. The quantitative estimate of drug-likeness (QED) is 0.421. The summed E-state index contributed by atoms with van der Waals surface area (Å²) >= 11 is 0. The minimum Gasteiger partial charge on any atom is -0.103 e. The highest BCUT2D eigenvalue weighted by Gasteiger charge is 1.81. The van der Waals surface area contributed by atoms with Gasteiger partial charge in [-0.25, -0.2) is 0 Å². The van der Waals surface area contributed by atoms with Crippen LogP contribution in [-0.2, 0) is 0 Å². The molecule has 0 spiro atoms. The summed E-state index contributed by atoms with van der Waals surface area (Å²) in [7, 11) is 0. The highest BCUT2D eigenvalue weighted by Crippen LogP contribution is 2.02. The van der Waals surface area contributed by atoms with Gasteiger partial charge >= 0.3 is 0 Å². The van der Waals surface area contributed by atoms with Crippen LogP contribution in [-0.4, -0.2) is 0 Å². The molecule has 0 saturated heterocycles. The van der Waals surface area contributed by atoms with E-state index in [9.17, 15) is 0 Å². The van der Waals surface area contributed by atoms with E-state index in [2.05, 4.69) is 18.7 Å². The second-order valence-corrected chi connectivity index (χ2v) is 1.86. The van der Waals surface area contributed by atoms with Crippen molar-refractivity contribution in [2.45, 2.75) is 41.5 Å². The Morgan fingerprint density at radius 3 is 2.00 bits per heavy atom. The average molecular weight is 168 g/mol. The smallest absolute Gasteiger partial charge is 0.0104 e. The van der Waals surface area contributed by atoms with Crippen LogP contribution in [0, 0.1) is 0 Å². The van der Waals surface area contributed by atoms with Crippen molar-refractivity contribution in [3.8, 4) is 0 Å². The predicted molar refractivity (Wildman–Crippen MR) is 61.5 cm³/mol. The molecule has 12 heavy (non-hydrogen) atoms. The summed E-state index contributed by atoms with van der Waals surface area (Å²) in [4.78, 5) is 0. The highest BCUT2D eigenvalue weighted by atomic mass is 13.9. The van der Waals surface area contributed by atoms with Crippen molar-refractivity contribution in [3.05, 3.63) is 36.5 Å². The van der Waals surface area contributed by atoms with Crippen molar-refractivity contribution in [2.75, 3.05) is 0 Å². The van der Waals surface area contributed by atoms with Gasteiger partial charge in [-0.15, -0.1) is 6.58 Å². The van der Waals surface area contributed by atoms with Gasteiger partial charge in [-0.05, 0) is 25.8 Å². The van der Waals surface area contributed by atoms with Crippen LogP contribution in [0.5, 0.6) is 0 Å². The topological polar surface area (TPSA) is 0 Å². The molecule has 0 rings (SSSR count). The molecule has 0 heteroatoms. The Morgan fingerprint density at radius 2 is 1.75 bits per heavy atom. The fourth-order valence-corrected chi connectivity index (χ4v) is 0.663. The van der Waals surface area contributed by atoms with Gasteiger partial charge in [0.1, 0.15) is 0 Å². The van der Waals surface area contributed by atoms with E-state index in [1.165, 1.54) is 5.57 Å². The summed E-state index contributed by atoms with van der Waals surface area (Å²) in [5.74, 6) is 0. The van der Waals surface area contributed by atoms with E-state index < -0.39 is 0 Å². The highest BCUT2D eigenvalue weighted by molar-refractivity contribution is 5.19. The molecule has 0 N–H and O–H groups in total. The first kappa shape index (κ1) is 17.3. The van der Waals surface area contributed by atoms with E-state index in [4.69, 9.17) is 0 Å². The van der Waals surface area contributed by atoms with Crippen molar-refractivity contribution in [2.24, 2.45) is 0 Å². The van der Waals surface area contributed by atoms with E-state index >= 15 is 0 Å². The van der Waals surface area contributed by atoms with Crippen LogP contribution in [0.25, 0.3) is 0 Å². The second-order valence-electron chi connectivity index (χ2n) is 1.86. The monoisotopic (exact) mass is 168 g/mol. The van der Waals surface area contributed by atoms with E-state index in [0.717, 1.165) is 6.42 Å². The van der Waals surface area contributed by atoms with E-state index in [-0.39, 0.29) is 7.43 Å². The lowest BCUT2D eigenvalue weighted by atomic mass is 10.2. The summed E-state index contributed by atoms with van der Waals surface area (Å²) < 4.78 is 0. The van der Waals surface area contributed by atoms with Gasteiger partial charge in [-0.1, -0.05) is 45.6 Å². The average Bonchev–Trinajstić information content (AvgIpc) is 2.08. The Bertz CT molecular complexity index is 127. The Hall–Kier alpha value is -0.780. The molecule has 0 aromatic carbocycles. The number of hydrogen-bond acceptors (Lipinski definition) is 0. The van der Waals surface area contributed by atoms with Crippen LogP contribution in [0.15, 0.2) is 36.5 Å². The van der Waals surface area contributed by atoms with Gasteiger partial charge in [0, 0.05) is 0 Å². The van der Waals surface area contributed by atoms with Crippen molar-refractivity contribution in [1.82, 2.24) is 0 Å². The molecule has 0 bridgehead atoms. The van der Waals surface area contributed by atoms with Crippen molar-refractivity contribution in [1.29, 1.82) is 0 Å². The molecule has 0 heterocycles. The molecular formula is C12H24. The van der Waals surface area contributed by atoms with Crippen LogP contribution in [0.2, 0.25) is 0 Å². The van der Waals surface area contributed by atoms with E-state index in [1.807, 2.05) is 39.8 Å². The zero-order valence-electron chi connectivity index (χ0n) is 8.22. The fraction of sp³-hybridized carbons (Fsp3) is 0.500. The minimum atomic E-state index is 0. The molecule has 0 aliphatic heterocycles. The summed E-state index contributed by atoms with van der Waals surface area (Å²) in [6.07, 6.45) is 9.12. The van der Waals surface area contributed by atoms with Gasteiger partial charge in [0.15, 0.2) is 0 Å². The van der Waals surface area contributed by atoms with Crippen LogP contribution >= 0.6 is 0 Å². The normalized spacial score (nSPS) is 9.83. The molecule has 72 valence electrons. The molecule has 0 saturated carbocycles. The molecule has 0 aliphatic carbocycles. The van der Waals surface area contributed by atoms with Gasteiger partial charge in [0.2, 0.25) is 0 Å². The number of hydrogen-bond donors (Lipinski definition) is 0. The number of rotatable bonds is 3. The molecule has 0 amide bonds. The van der Waals surface area contributed by atoms with Crippen molar-refractivity contribution in [3.63, 3.8) is 0 Å². The predicted octanol–water partition coefficient (Wildman–Crippen LogP) is 4.75. The summed E-state index contributed by atoms with van der Waals surface area (Å²) in [5, 5.41) is 0. The molecular weight excluding hydrogens is 144 g/mol. The summed E-state index contributed by atoms with van der Waals surface area (Å²) in [5.41, 5.74) is 1.33. The maximum Gasteiger partial charge on any atom is -0.0104 e. The maximum atomic E-state index is 3.66. The van der Waals surface area contributed by atoms with E-state index in [1.54, 1.807) is 0 Å². The standard InChI is InChI=1S/C9H14.C2H6.CH4/c1-4-7-9(6-3)8-5-2;1-2;/h4-6,8H,1,7H2,2-3H3;1-2H3;1H4/b8-5-,9-6-;;. The molecule has 0 aromatic heterocycles. The molecule has 0 fully saturated rings. The first-order chi connectivity index (χ1) is 5.35. The third-order valence-electron chi connectivity index (χ3n) is 1.13. The van der Waals surface area contributed by atoms with Crippen LogP contribution in [0.4, 0.5) is 0 Å². The zero-order chi connectivity index (χ0) is 9.11. The Balaban J connectivity index is -0.000000249. The van der Waals surface area contributed by atoms with Crippen LogP contribution < -0.4 is 0 Å². The van der Waals surface area contributed by atoms with Crippen molar-refractivity contribution < 1.29 is 0 Å². The van der Waals surface area contributed by atoms with Gasteiger partial charge in [-0.2, -0.15) is 0 Å². The third kappa shape index (κ3) is 12.0. The molecule has 0 nitrogen and oxygen atoms in total. The van der Waals surface area contributed by atoms with Gasteiger partial charge < -0.3 is 0 Å². The van der Waals surface area contributed by atoms with Crippen LogP contribution in [0.1, 0.15) is 41.5 Å². The SMILES string of the molecule is C.C=CCC(/C=C\C)=C/C.CC. The Kier molecular flexibility index (Phi) is 24.1. The second kappa shape index (κ2) is 16.7.